The summed E-state index contributed by atoms with van der Waals surface area (Å²) in [5, 5.41) is 0. The van der Waals surface area contributed by atoms with E-state index in [4.69, 9.17) is 23.4 Å². The Labute approximate surface area is 194 Å². The minimum Gasteiger partial charge on any atom is -0.472 e. The number of ether oxygens (including phenoxy) is 4. The number of fused-ring (bicyclic) bond motifs is 3. The van der Waals surface area contributed by atoms with E-state index in [0.717, 1.165) is 12.0 Å². The van der Waals surface area contributed by atoms with Crippen molar-refractivity contribution in [2.75, 3.05) is 20.5 Å². The summed E-state index contributed by atoms with van der Waals surface area (Å²) in [5.41, 5.74) is -0.568. The van der Waals surface area contributed by atoms with Crippen LogP contribution in [0.2, 0.25) is 0 Å². The first-order valence-corrected chi connectivity index (χ1v) is 11.8. The summed E-state index contributed by atoms with van der Waals surface area (Å²) in [4.78, 5) is 40.0. The molecule has 182 valence electrons. The first-order chi connectivity index (χ1) is 15.8. The van der Waals surface area contributed by atoms with Crippen LogP contribution in [0, 0.1) is 28.6 Å². The van der Waals surface area contributed by atoms with E-state index in [1.54, 1.807) is 18.6 Å². The maximum atomic E-state index is 13.9. The molecular formula is C25H34O8. The Morgan fingerprint density at radius 3 is 2.70 bits per heavy atom. The van der Waals surface area contributed by atoms with Gasteiger partial charge < -0.3 is 23.4 Å². The van der Waals surface area contributed by atoms with Gasteiger partial charge in [-0.05, 0) is 49.0 Å². The van der Waals surface area contributed by atoms with Gasteiger partial charge in [0.25, 0.3) is 0 Å². The molecule has 4 rings (SSSR count). The number of ketones is 1. The molecule has 0 aromatic carbocycles. The summed E-state index contributed by atoms with van der Waals surface area (Å²) in [6, 6.07) is 1.78. The molecule has 0 spiro atoms. The summed E-state index contributed by atoms with van der Waals surface area (Å²) in [5.74, 6) is -2.19. The van der Waals surface area contributed by atoms with Crippen LogP contribution in [-0.4, -0.2) is 44.3 Å². The van der Waals surface area contributed by atoms with Crippen LogP contribution in [0.4, 0.5) is 0 Å². The van der Waals surface area contributed by atoms with Gasteiger partial charge in [0.2, 0.25) is 0 Å². The van der Waals surface area contributed by atoms with Gasteiger partial charge in [0.15, 0.2) is 5.78 Å². The smallest absolute Gasteiger partial charge is 0.310 e. The summed E-state index contributed by atoms with van der Waals surface area (Å²) in [7, 11) is 1.37. The summed E-state index contributed by atoms with van der Waals surface area (Å²) in [6.45, 7) is 6.50. The second-order valence-corrected chi connectivity index (χ2v) is 10.1. The Morgan fingerprint density at radius 2 is 2.03 bits per heavy atom. The summed E-state index contributed by atoms with van der Waals surface area (Å²) in [6.07, 6.45) is 4.52. The van der Waals surface area contributed by atoms with Crippen LogP contribution < -0.4 is 0 Å². The Hall–Kier alpha value is -2.19. The molecule has 33 heavy (non-hydrogen) atoms. The second kappa shape index (κ2) is 9.22. The fourth-order valence-electron chi connectivity index (χ4n) is 6.64. The molecule has 0 N–H and O–H groups in total. The normalized spacial score (nSPS) is 38.2. The van der Waals surface area contributed by atoms with Crippen LogP contribution in [0.1, 0.15) is 64.5 Å². The molecule has 2 saturated carbocycles. The zero-order valence-corrected chi connectivity index (χ0v) is 19.8. The van der Waals surface area contributed by atoms with Crippen molar-refractivity contribution < 1.29 is 37.7 Å². The first kappa shape index (κ1) is 24.0. The number of carbonyl (C=O) groups excluding carboxylic acids is 3. The Bertz CT molecular complexity index is 879. The van der Waals surface area contributed by atoms with E-state index in [-0.39, 0.29) is 30.9 Å². The number of cyclic esters (lactones) is 1. The molecule has 7 unspecified atom stereocenters. The quantitative estimate of drug-likeness (QED) is 0.342. The predicted molar refractivity (Wildman–Crippen MR) is 116 cm³/mol. The standard InChI is InChI=1S/C25H34O8/c1-5-9-31-14-32-18-11-17(22(27)29-4)24(2)8-6-16-23(28)33-19(15-7-10-30-13-15)12-25(16,3)21(24)20(18)26/h7,10,13,16-19,21H,5-6,8-9,11-12,14H2,1-4H3. The molecule has 2 heterocycles. The molecule has 1 aliphatic heterocycles. The molecule has 8 heteroatoms. The molecule has 1 aromatic heterocycles. The first-order valence-electron chi connectivity index (χ1n) is 11.8. The minimum atomic E-state index is -0.787. The molecule has 0 radical (unpaired) electrons. The van der Waals surface area contributed by atoms with Gasteiger partial charge in [-0.25, -0.2) is 0 Å². The fourth-order valence-corrected chi connectivity index (χ4v) is 6.64. The third-order valence-corrected chi connectivity index (χ3v) is 8.20. The molecule has 3 aliphatic rings. The summed E-state index contributed by atoms with van der Waals surface area (Å²) < 4.78 is 27.5. The topological polar surface area (TPSA) is 101 Å². The van der Waals surface area contributed by atoms with Crippen molar-refractivity contribution in [1.82, 2.24) is 0 Å². The van der Waals surface area contributed by atoms with Gasteiger partial charge >= 0.3 is 11.9 Å². The zero-order chi connectivity index (χ0) is 23.8. The van der Waals surface area contributed by atoms with Crippen molar-refractivity contribution in [2.24, 2.45) is 28.6 Å². The van der Waals surface area contributed by atoms with Gasteiger partial charge in [-0.3, -0.25) is 14.4 Å². The molecule has 2 aliphatic carbocycles. The van der Waals surface area contributed by atoms with Gasteiger partial charge in [-0.15, -0.1) is 0 Å². The lowest BCUT2D eigenvalue weighted by Gasteiger charge is -2.61. The largest absolute Gasteiger partial charge is 0.472 e. The Balaban J connectivity index is 1.71. The molecular weight excluding hydrogens is 428 g/mol. The maximum absolute atomic E-state index is 13.9. The van der Waals surface area contributed by atoms with E-state index < -0.39 is 40.8 Å². The second-order valence-electron chi connectivity index (χ2n) is 10.1. The molecule has 1 saturated heterocycles. The number of rotatable bonds is 7. The molecule has 1 aromatic rings. The molecule has 8 nitrogen and oxygen atoms in total. The fraction of sp³-hybridized carbons (Fsp3) is 0.720. The van der Waals surface area contributed by atoms with Crippen LogP contribution in [-0.2, 0) is 33.3 Å². The van der Waals surface area contributed by atoms with Crippen molar-refractivity contribution >= 4 is 17.7 Å². The third-order valence-electron chi connectivity index (χ3n) is 8.20. The highest BCUT2D eigenvalue weighted by Crippen LogP contribution is 2.65. The molecule has 0 amide bonds. The van der Waals surface area contributed by atoms with E-state index >= 15 is 0 Å². The number of esters is 2. The van der Waals surface area contributed by atoms with Gasteiger partial charge in [-0.2, -0.15) is 0 Å². The van der Waals surface area contributed by atoms with E-state index in [1.165, 1.54) is 7.11 Å². The van der Waals surface area contributed by atoms with Crippen LogP contribution >= 0.6 is 0 Å². The summed E-state index contributed by atoms with van der Waals surface area (Å²) >= 11 is 0. The molecule has 7 atom stereocenters. The lowest BCUT2D eigenvalue weighted by Crippen LogP contribution is -2.64. The highest BCUT2D eigenvalue weighted by molar-refractivity contribution is 5.92. The zero-order valence-electron chi connectivity index (χ0n) is 19.8. The van der Waals surface area contributed by atoms with Crippen molar-refractivity contribution in [3.8, 4) is 0 Å². The monoisotopic (exact) mass is 462 g/mol. The highest BCUT2D eigenvalue weighted by Gasteiger charge is 2.67. The number of hydrogen-bond acceptors (Lipinski definition) is 8. The lowest BCUT2D eigenvalue weighted by molar-refractivity contribution is -0.213. The van der Waals surface area contributed by atoms with Gasteiger partial charge in [-0.1, -0.05) is 20.8 Å². The predicted octanol–water partition coefficient (Wildman–Crippen LogP) is 3.84. The van der Waals surface area contributed by atoms with Crippen molar-refractivity contribution in [3.63, 3.8) is 0 Å². The van der Waals surface area contributed by atoms with Crippen LogP contribution in [0.5, 0.6) is 0 Å². The van der Waals surface area contributed by atoms with Crippen molar-refractivity contribution in [1.29, 1.82) is 0 Å². The van der Waals surface area contributed by atoms with E-state index in [1.807, 2.05) is 20.8 Å². The maximum Gasteiger partial charge on any atom is 0.310 e. The van der Waals surface area contributed by atoms with Gasteiger partial charge in [0.05, 0.1) is 31.5 Å². The average Bonchev–Trinajstić information content (AvgIpc) is 3.31. The number of hydrogen-bond donors (Lipinski definition) is 0. The number of furan rings is 1. The SMILES string of the molecule is CCCOCOC1CC(C(=O)OC)C2(C)CCC3C(=O)OC(c4ccoc4)CC3(C)C2C1=O. The van der Waals surface area contributed by atoms with E-state index in [2.05, 4.69) is 0 Å². The average molecular weight is 463 g/mol. The van der Waals surface area contributed by atoms with Crippen molar-refractivity contribution in [3.05, 3.63) is 24.2 Å². The third kappa shape index (κ3) is 4.01. The lowest BCUT2D eigenvalue weighted by atomic mass is 9.43. The van der Waals surface area contributed by atoms with E-state index in [0.29, 0.717) is 25.9 Å². The Kier molecular flexibility index (Phi) is 6.69. The highest BCUT2D eigenvalue weighted by atomic mass is 16.7. The van der Waals surface area contributed by atoms with Crippen LogP contribution in [0.25, 0.3) is 0 Å². The van der Waals surface area contributed by atoms with Crippen LogP contribution in [0.3, 0.4) is 0 Å². The molecule has 3 fully saturated rings. The number of carbonyl (C=O) groups is 3. The van der Waals surface area contributed by atoms with Gasteiger partial charge in [0.1, 0.15) is 19.0 Å². The minimum absolute atomic E-state index is 0.0125. The van der Waals surface area contributed by atoms with Gasteiger partial charge in [0, 0.05) is 18.1 Å². The number of methoxy groups -OCH3 is 1. The number of Topliss-reactive ketones (excluding diaryl/α,β-unsaturated/α-hetero) is 1. The van der Waals surface area contributed by atoms with Crippen LogP contribution in [0.15, 0.2) is 23.0 Å². The van der Waals surface area contributed by atoms with Crippen molar-refractivity contribution in [2.45, 2.75) is 65.1 Å². The Morgan fingerprint density at radius 1 is 1.24 bits per heavy atom. The van der Waals surface area contributed by atoms with E-state index in [9.17, 15) is 14.4 Å². The molecule has 0 bridgehead atoms.